The Labute approximate surface area is 197 Å². The molecule has 1 fully saturated rings. The third-order valence-electron chi connectivity index (χ3n) is 5.64. The highest BCUT2D eigenvalue weighted by Crippen LogP contribution is 2.28. The van der Waals surface area contributed by atoms with Gasteiger partial charge in [0.1, 0.15) is 0 Å². The summed E-state index contributed by atoms with van der Waals surface area (Å²) in [4.78, 5) is 39.6. The molecule has 7 heteroatoms. The fourth-order valence-corrected chi connectivity index (χ4v) is 4.09. The van der Waals surface area contributed by atoms with Crippen LogP contribution in [0, 0.1) is 19.8 Å². The number of nitrogens with one attached hydrogen (secondary N) is 2. The molecule has 0 bridgehead atoms. The highest BCUT2D eigenvalue weighted by molar-refractivity contribution is 6.31. The maximum Gasteiger partial charge on any atom is 0.255 e. The number of anilines is 3. The lowest BCUT2D eigenvalue weighted by Crippen LogP contribution is -2.28. The quantitative estimate of drug-likeness (QED) is 0.548. The Morgan fingerprint density at radius 1 is 0.970 bits per heavy atom. The van der Waals surface area contributed by atoms with E-state index in [1.165, 1.54) is 0 Å². The first kappa shape index (κ1) is 22.6. The summed E-state index contributed by atoms with van der Waals surface area (Å²) in [6, 6.07) is 19.6. The van der Waals surface area contributed by atoms with Crippen molar-refractivity contribution in [2.45, 2.75) is 20.3 Å². The van der Waals surface area contributed by atoms with Crippen LogP contribution in [0.4, 0.5) is 17.1 Å². The topological polar surface area (TPSA) is 78.5 Å². The zero-order valence-electron chi connectivity index (χ0n) is 18.4. The van der Waals surface area contributed by atoms with Gasteiger partial charge in [-0.3, -0.25) is 14.4 Å². The Hall–Kier alpha value is -3.64. The minimum absolute atomic E-state index is 0.116. The van der Waals surface area contributed by atoms with Crippen molar-refractivity contribution in [1.29, 1.82) is 0 Å². The molecular weight excluding hydrogens is 438 g/mol. The molecule has 0 aromatic heterocycles. The molecule has 0 saturated carbocycles. The van der Waals surface area contributed by atoms with Crippen LogP contribution in [0.15, 0.2) is 66.7 Å². The molecule has 1 aliphatic rings. The van der Waals surface area contributed by atoms with Crippen molar-refractivity contribution in [3.63, 3.8) is 0 Å². The van der Waals surface area contributed by atoms with Gasteiger partial charge in [-0.2, -0.15) is 0 Å². The average Bonchev–Trinajstić information content (AvgIpc) is 3.17. The Morgan fingerprint density at radius 3 is 2.52 bits per heavy atom. The Balaban J connectivity index is 1.42. The molecule has 0 radical (unpaired) electrons. The number of aryl methyl sites for hydroxylation is 2. The predicted molar refractivity (Wildman–Crippen MR) is 131 cm³/mol. The van der Waals surface area contributed by atoms with Crippen LogP contribution >= 0.6 is 11.6 Å². The summed E-state index contributed by atoms with van der Waals surface area (Å²) in [6.07, 6.45) is 0.116. The van der Waals surface area contributed by atoms with E-state index in [0.717, 1.165) is 16.8 Å². The summed E-state index contributed by atoms with van der Waals surface area (Å²) >= 11 is 6.03. The Morgan fingerprint density at radius 2 is 1.76 bits per heavy atom. The van der Waals surface area contributed by atoms with Crippen molar-refractivity contribution in [1.82, 2.24) is 0 Å². The second-order valence-corrected chi connectivity index (χ2v) is 8.66. The zero-order valence-corrected chi connectivity index (χ0v) is 19.1. The van der Waals surface area contributed by atoms with Crippen molar-refractivity contribution in [3.05, 3.63) is 88.4 Å². The van der Waals surface area contributed by atoms with Gasteiger partial charge in [0.15, 0.2) is 0 Å². The van der Waals surface area contributed by atoms with Gasteiger partial charge >= 0.3 is 0 Å². The molecule has 3 aromatic carbocycles. The van der Waals surface area contributed by atoms with Gasteiger partial charge in [0.25, 0.3) is 5.91 Å². The normalized spacial score (nSPS) is 15.4. The molecule has 3 amide bonds. The highest BCUT2D eigenvalue weighted by atomic mass is 35.5. The highest BCUT2D eigenvalue weighted by Gasteiger charge is 2.35. The molecule has 33 heavy (non-hydrogen) atoms. The van der Waals surface area contributed by atoms with Gasteiger partial charge in [0.2, 0.25) is 11.8 Å². The molecule has 1 aliphatic heterocycles. The van der Waals surface area contributed by atoms with Crippen molar-refractivity contribution in [3.8, 4) is 0 Å². The van der Waals surface area contributed by atoms with E-state index < -0.39 is 5.92 Å². The summed E-state index contributed by atoms with van der Waals surface area (Å²) in [6.45, 7) is 4.21. The molecule has 0 aliphatic carbocycles. The van der Waals surface area contributed by atoms with Crippen LogP contribution in [0.3, 0.4) is 0 Å². The Bertz CT molecular complexity index is 1240. The van der Waals surface area contributed by atoms with Crippen LogP contribution in [0.25, 0.3) is 0 Å². The van der Waals surface area contributed by atoms with Crippen LogP contribution in [-0.4, -0.2) is 24.3 Å². The van der Waals surface area contributed by atoms with Gasteiger partial charge in [-0.1, -0.05) is 41.4 Å². The van der Waals surface area contributed by atoms with Gasteiger partial charge < -0.3 is 15.5 Å². The number of halogens is 1. The second-order valence-electron chi connectivity index (χ2n) is 8.23. The number of nitrogens with zero attached hydrogens (tertiary/aromatic N) is 1. The summed E-state index contributed by atoms with van der Waals surface area (Å²) in [7, 11) is 0. The molecule has 0 spiro atoms. The number of carbonyl (C=O) groups excluding carboxylic acids is 3. The largest absolute Gasteiger partial charge is 0.326 e. The van der Waals surface area contributed by atoms with Crippen molar-refractivity contribution in [2.24, 2.45) is 5.92 Å². The molecule has 1 atom stereocenters. The molecule has 6 nitrogen and oxygen atoms in total. The van der Waals surface area contributed by atoms with E-state index in [2.05, 4.69) is 10.6 Å². The smallest absolute Gasteiger partial charge is 0.255 e. The molecule has 3 aromatic rings. The number of hydrogen-bond donors (Lipinski definition) is 2. The standard InChI is InChI=1S/C26H24ClN3O3/c1-16-9-10-23(17(2)11-16)29-25(32)18-5-3-7-21(12-18)28-26(33)19-13-24(31)30(15-19)22-8-4-6-20(27)14-22/h3-12,14,19H,13,15H2,1-2H3,(H,28,33)(H,29,32)/t19-/m0/s1. The van der Waals surface area contributed by atoms with Crippen molar-refractivity contribution >= 4 is 46.4 Å². The van der Waals surface area contributed by atoms with E-state index in [4.69, 9.17) is 11.6 Å². The number of hydrogen-bond acceptors (Lipinski definition) is 3. The molecular formula is C26H24ClN3O3. The lowest BCUT2D eigenvalue weighted by atomic mass is 10.1. The average molecular weight is 462 g/mol. The van der Waals surface area contributed by atoms with Gasteiger partial charge in [-0.25, -0.2) is 0 Å². The first-order valence-corrected chi connectivity index (χ1v) is 11.0. The lowest BCUT2D eigenvalue weighted by molar-refractivity contribution is -0.122. The minimum Gasteiger partial charge on any atom is -0.326 e. The van der Waals surface area contributed by atoms with E-state index in [1.807, 2.05) is 32.0 Å². The maximum absolute atomic E-state index is 12.8. The fourth-order valence-electron chi connectivity index (χ4n) is 3.91. The second kappa shape index (κ2) is 9.46. The van der Waals surface area contributed by atoms with Crippen LogP contribution in [0.1, 0.15) is 27.9 Å². The first-order valence-electron chi connectivity index (χ1n) is 10.7. The molecule has 1 saturated heterocycles. The number of benzene rings is 3. The molecule has 0 unspecified atom stereocenters. The Kier molecular flexibility index (Phi) is 6.47. The summed E-state index contributed by atoms with van der Waals surface area (Å²) < 4.78 is 0. The third-order valence-corrected chi connectivity index (χ3v) is 5.87. The first-order chi connectivity index (χ1) is 15.8. The predicted octanol–water partition coefficient (Wildman–Crippen LogP) is 5.20. The summed E-state index contributed by atoms with van der Waals surface area (Å²) in [5, 5.41) is 6.28. The SMILES string of the molecule is Cc1ccc(NC(=O)c2cccc(NC(=O)[C@H]3CC(=O)N(c4cccc(Cl)c4)C3)c2)c(C)c1. The molecule has 168 valence electrons. The van der Waals surface area contributed by atoms with E-state index >= 15 is 0 Å². The van der Waals surface area contributed by atoms with E-state index in [0.29, 0.717) is 22.0 Å². The van der Waals surface area contributed by atoms with Crippen LogP contribution in [-0.2, 0) is 9.59 Å². The summed E-state index contributed by atoms with van der Waals surface area (Å²) in [5.41, 5.74) is 4.44. The molecule has 1 heterocycles. The van der Waals surface area contributed by atoms with Crippen LogP contribution in [0.5, 0.6) is 0 Å². The number of amides is 3. The number of rotatable bonds is 5. The minimum atomic E-state index is -0.496. The van der Waals surface area contributed by atoms with E-state index in [1.54, 1.807) is 53.4 Å². The van der Waals surface area contributed by atoms with Gasteiger partial charge in [0.05, 0.1) is 5.92 Å². The zero-order chi connectivity index (χ0) is 23.5. The maximum atomic E-state index is 12.8. The third kappa shape index (κ3) is 5.23. The van der Waals surface area contributed by atoms with E-state index in [9.17, 15) is 14.4 Å². The van der Waals surface area contributed by atoms with Gasteiger partial charge in [-0.15, -0.1) is 0 Å². The van der Waals surface area contributed by atoms with Crippen LogP contribution in [0.2, 0.25) is 5.02 Å². The van der Waals surface area contributed by atoms with Crippen molar-refractivity contribution in [2.75, 3.05) is 22.1 Å². The molecule has 4 rings (SSSR count). The van der Waals surface area contributed by atoms with Crippen molar-refractivity contribution < 1.29 is 14.4 Å². The fraction of sp³-hybridized carbons (Fsp3) is 0.192. The van der Waals surface area contributed by atoms with E-state index in [-0.39, 0.29) is 30.7 Å². The number of carbonyl (C=O) groups is 3. The van der Waals surface area contributed by atoms with Gasteiger partial charge in [0, 0.05) is 40.6 Å². The van der Waals surface area contributed by atoms with Crippen LogP contribution < -0.4 is 15.5 Å². The summed E-state index contributed by atoms with van der Waals surface area (Å²) in [5.74, 6) is -1.15. The lowest BCUT2D eigenvalue weighted by Gasteiger charge is -2.17. The van der Waals surface area contributed by atoms with Gasteiger partial charge in [-0.05, 0) is 61.9 Å². The monoisotopic (exact) mass is 461 g/mol. The molecule has 2 N–H and O–H groups in total.